The molecule has 0 atom stereocenters. The monoisotopic (exact) mass is 870 g/mol. The van der Waals surface area contributed by atoms with Crippen LogP contribution in [0.2, 0.25) is 0 Å². The predicted molar refractivity (Wildman–Crippen MR) is 281 cm³/mol. The molecule has 2 aromatic heterocycles. The van der Waals surface area contributed by atoms with Gasteiger partial charge in [0.05, 0.1) is 27.8 Å². The molecule has 1 aliphatic carbocycles. The quantitative estimate of drug-likeness (QED) is 0.175. The maximum atomic E-state index is 6.75. The number of ether oxygens (including phenoxy) is 1. The van der Waals surface area contributed by atoms with Crippen LogP contribution in [-0.4, -0.2) is 4.57 Å². The SMILES string of the molecule is c1ccc2c(c1)Oc1ccccc1C21c2ccccc2-c2ccc(N(c3ccc4c(c3)sc3ccccc34)c3ccc4c(c3)c3ccccc3n4-c3cccc4ccccc34)c3cccc1c23. The Morgan fingerprint density at radius 3 is 1.87 bits per heavy atom. The number of hydrogen-bond acceptors (Lipinski definition) is 3. The highest BCUT2D eigenvalue weighted by atomic mass is 32.1. The molecule has 312 valence electrons. The van der Waals surface area contributed by atoms with E-state index in [1.807, 2.05) is 11.3 Å². The average molecular weight is 871 g/mol. The Kier molecular flexibility index (Phi) is 7.58. The van der Waals surface area contributed by atoms with Crippen LogP contribution in [0.1, 0.15) is 22.3 Å². The summed E-state index contributed by atoms with van der Waals surface area (Å²) in [4.78, 5) is 2.51. The van der Waals surface area contributed by atoms with Gasteiger partial charge in [-0.1, -0.05) is 164 Å². The van der Waals surface area contributed by atoms with E-state index < -0.39 is 5.41 Å². The fraction of sp³-hybridized carbons (Fsp3) is 0.0159. The van der Waals surface area contributed by atoms with E-state index in [-0.39, 0.29) is 0 Å². The third-order valence-electron chi connectivity index (χ3n) is 14.6. The van der Waals surface area contributed by atoms with Gasteiger partial charge in [0.25, 0.3) is 0 Å². The van der Waals surface area contributed by atoms with E-state index in [1.54, 1.807) is 0 Å². The number of anilines is 3. The van der Waals surface area contributed by atoms with E-state index in [0.29, 0.717) is 0 Å². The van der Waals surface area contributed by atoms with Gasteiger partial charge in [-0.3, -0.25) is 0 Å². The van der Waals surface area contributed by atoms with Gasteiger partial charge in [-0.25, -0.2) is 0 Å². The van der Waals surface area contributed by atoms with E-state index in [1.165, 1.54) is 91.5 Å². The minimum absolute atomic E-state index is 0.615. The highest BCUT2D eigenvalue weighted by Gasteiger charge is 2.49. The lowest BCUT2D eigenvalue weighted by Gasteiger charge is -2.45. The zero-order valence-corrected chi connectivity index (χ0v) is 37.0. The van der Waals surface area contributed by atoms with Gasteiger partial charge < -0.3 is 14.2 Å². The first kappa shape index (κ1) is 36.9. The van der Waals surface area contributed by atoms with Crippen LogP contribution < -0.4 is 9.64 Å². The molecule has 0 saturated carbocycles. The highest BCUT2D eigenvalue weighted by molar-refractivity contribution is 7.25. The van der Waals surface area contributed by atoms with Crippen molar-refractivity contribution in [1.29, 1.82) is 0 Å². The van der Waals surface area contributed by atoms with Gasteiger partial charge in [-0.15, -0.1) is 11.3 Å². The van der Waals surface area contributed by atoms with Crippen molar-refractivity contribution in [3.8, 4) is 28.3 Å². The van der Waals surface area contributed by atoms with Crippen molar-refractivity contribution in [3.05, 3.63) is 253 Å². The summed E-state index contributed by atoms with van der Waals surface area (Å²) < 4.78 is 11.8. The first-order valence-corrected chi connectivity index (χ1v) is 23.8. The molecule has 15 rings (SSSR count). The summed E-state index contributed by atoms with van der Waals surface area (Å²) in [6.07, 6.45) is 0. The number of rotatable bonds is 4. The van der Waals surface area contributed by atoms with E-state index >= 15 is 0 Å². The van der Waals surface area contributed by atoms with Crippen molar-refractivity contribution < 1.29 is 4.74 Å². The molecule has 0 radical (unpaired) electrons. The number of benzene rings is 11. The maximum absolute atomic E-state index is 6.75. The van der Waals surface area contributed by atoms with Crippen LogP contribution in [0.15, 0.2) is 231 Å². The Bertz CT molecular complexity index is 4180. The van der Waals surface area contributed by atoms with Crippen molar-refractivity contribution in [2.45, 2.75) is 5.41 Å². The summed E-state index contributed by atoms with van der Waals surface area (Å²) in [5.74, 6) is 1.78. The van der Waals surface area contributed by atoms with Crippen molar-refractivity contribution >= 4 is 91.9 Å². The smallest absolute Gasteiger partial charge is 0.132 e. The van der Waals surface area contributed by atoms with Gasteiger partial charge in [0.15, 0.2) is 0 Å². The minimum Gasteiger partial charge on any atom is -0.457 e. The molecular weight excluding hydrogens is 833 g/mol. The Hall–Kier alpha value is -8.44. The molecule has 3 nitrogen and oxygen atoms in total. The van der Waals surface area contributed by atoms with Gasteiger partial charge >= 0.3 is 0 Å². The lowest BCUT2D eigenvalue weighted by Crippen LogP contribution is -2.36. The minimum atomic E-state index is -0.615. The van der Waals surface area contributed by atoms with Crippen molar-refractivity contribution in [3.63, 3.8) is 0 Å². The third kappa shape index (κ3) is 5.00. The molecule has 0 saturated heterocycles. The molecule has 11 aromatic carbocycles. The molecule has 3 heterocycles. The molecule has 0 amide bonds. The van der Waals surface area contributed by atoms with Crippen LogP contribution in [0.5, 0.6) is 11.5 Å². The second kappa shape index (κ2) is 13.8. The molecule has 67 heavy (non-hydrogen) atoms. The number of aromatic nitrogens is 1. The number of para-hydroxylation sites is 3. The molecule has 1 spiro atoms. The number of thiophene rings is 1. The van der Waals surface area contributed by atoms with Gasteiger partial charge in [-0.2, -0.15) is 0 Å². The predicted octanol–water partition coefficient (Wildman–Crippen LogP) is 17.4. The number of fused-ring (bicyclic) bond motifs is 15. The summed E-state index contributed by atoms with van der Waals surface area (Å²) >= 11 is 1.86. The maximum Gasteiger partial charge on any atom is 0.132 e. The van der Waals surface area contributed by atoms with Crippen LogP contribution in [0.3, 0.4) is 0 Å². The Morgan fingerprint density at radius 2 is 1.00 bits per heavy atom. The number of hydrogen-bond donors (Lipinski definition) is 0. The summed E-state index contributed by atoms with van der Waals surface area (Å²) in [6, 6.07) is 85.2. The first-order chi connectivity index (χ1) is 33.2. The summed E-state index contributed by atoms with van der Waals surface area (Å²) in [5, 5.41) is 9.92. The van der Waals surface area contributed by atoms with E-state index in [4.69, 9.17) is 4.74 Å². The molecule has 4 heteroatoms. The van der Waals surface area contributed by atoms with Crippen molar-refractivity contribution in [2.75, 3.05) is 4.90 Å². The Balaban J connectivity index is 1.03. The lowest BCUT2D eigenvalue weighted by molar-refractivity contribution is 0.435. The van der Waals surface area contributed by atoms with Crippen LogP contribution in [0, 0.1) is 0 Å². The van der Waals surface area contributed by atoms with Gasteiger partial charge in [-0.05, 0) is 99.8 Å². The lowest BCUT2D eigenvalue weighted by atomic mass is 9.58. The zero-order valence-electron chi connectivity index (χ0n) is 36.2. The second-order valence-corrected chi connectivity index (χ2v) is 19.0. The van der Waals surface area contributed by atoms with E-state index in [2.05, 4.69) is 240 Å². The van der Waals surface area contributed by atoms with Crippen molar-refractivity contribution in [2.24, 2.45) is 0 Å². The molecule has 0 bridgehead atoms. The highest BCUT2D eigenvalue weighted by Crippen LogP contribution is 2.62. The second-order valence-electron chi connectivity index (χ2n) is 17.9. The molecule has 0 N–H and O–H groups in total. The largest absolute Gasteiger partial charge is 0.457 e. The van der Waals surface area contributed by atoms with Gasteiger partial charge in [0, 0.05) is 64.2 Å². The summed E-state index contributed by atoms with van der Waals surface area (Å²) in [7, 11) is 0. The Labute approximate surface area is 390 Å². The van der Waals surface area contributed by atoms with Crippen LogP contribution in [0.25, 0.3) is 80.3 Å². The third-order valence-corrected chi connectivity index (χ3v) is 15.8. The van der Waals surface area contributed by atoms with Crippen molar-refractivity contribution in [1.82, 2.24) is 4.57 Å². The molecule has 1 aliphatic heterocycles. The van der Waals surface area contributed by atoms with Gasteiger partial charge in [0.2, 0.25) is 0 Å². The first-order valence-electron chi connectivity index (χ1n) is 23.0. The topological polar surface area (TPSA) is 17.4 Å². The summed E-state index contributed by atoms with van der Waals surface area (Å²) in [6.45, 7) is 0. The van der Waals surface area contributed by atoms with E-state index in [9.17, 15) is 0 Å². The van der Waals surface area contributed by atoms with E-state index in [0.717, 1.165) is 39.7 Å². The molecule has 0 fully saturated rings. The normalized spacial score (nSPS) is 13.3. The van der Waals surface area contributed by atoms with Gasteiger partial charge in [0.1, 0.15) is 11.5 Å². The summed E-state index contributed by atoms with van der Waals surface area (Å²) in [5.41, 5.74) is 13.6. The average Bonchev–Trinajstić information content (AvgIpc) is 3.93. The van der Waals surface area contributed by atoms with Crippen LogP contribution in [0.4, 0.5) is 17.1 Å². The molecular formula is C63H38N2OS. The standard InChI is InChI=1S/C63H38N2OS/c1-2-17-42-39(15-1)16-13-27-54(42)65-55-26-9-4-19-44(55)49-37-40(32-35-57(49)65)64(41-31-33-46-45-20-5-12-30-60(45)67-61(46)38-41)56-36-34-47-43-18-3-6-22-50(43)63(53-25-14-21-48(56)62(47)53)51-23-7-10-28-58(51)66-59-29-11-8-24-52(59)63/h1-38H. The number of nitrogens with zero attached hydrogens (tertiary/aromatic N) is 2. The zero-order chi connectivity index (χ0) is 43.8. The van der Waals surface area contributed by atoms with Crippen LogP contribution >= 0.6 is 11.3 Å². The van der Waals surface area contributed by atoms with Crippen LogP contribution in [-0.2, 0) is 5.41 Å². The fourth-order valence-electron chi connectivity index (χ4n) is 11.9. The Morgan fingerprint density at radius 1 is 0.388 bits per heavy atom. The molecule has 0 unspecified atom stereocenters. The molecule has 13 aromatic rings. The fourth-order valence-corrected chi connectivity index (χ4v) is 13.1. The molecule has 2 aliphatic rings.